The zero-order chi connectivity index (χ0) is 18.7. The molecule has 3 rings (SSSR count). The first-order valence-electron chi connectivity index (χ1n) is 8.28. The van der Waals surface area contributed by atoms with E-state index in [-0.39, 0.29) is 26.9 Å². The van der Waals surface area contributed by atoms with Gasteiger partial charge in [0, 0.05) is 18.7 Å². The van der Waals surface area contributed by atoms with Gasteiger partial charge >= 0.3 is 0 Å². The summed E-state index contributed by atoms with van der Waals surface area (Å²) in [7, 11) is -3.76. The van der Waals surface area contributed by atoms with Gasteiger partial charge in [0.1, 0.15) is 10.6 Å². The number of hydrogen-bond donors (Lipinski definition) is 2. The zero-order valence-corrected chi connectivity index (χ0v) is 15.6. The average molecular weight is 395 g/mol. The highest BCUT2D eigenvalue weighted by Crippen LogP contribution is 2.29. The molecule has 1 aliphatic heterocycles. The summed E-state index contributed by atoms with van der Waals surface area (Å²) in [4.78, 5) is 12.4. The van der Waals surface area contributed by atoms with Crippen molar-refractivity contribution in [2.45, 2.75) is 24.2 Å². The van der Waals surface area contributed by atoms with Crippen molar-refractivity contribution in [1.82, 2.24) is 4.31 Å². The Hall–Kier alpha value is -2.09. The van der Waals surface area contributed by atoms with Gasteiger partial charge in [-0.15, -0.1) is 0 Å². The number of halogens is 1. The number of nitrogens with zero attached hydrogens (tertiary/aromatic N) is 1. The van der Waals surface area contributed by atoms with Gasteiger partial charge in [-0.05, 0) is 43.2 Å². The van der Waals surface area contributed by atoms with Gasteiger partial charge in [0.25, 0.3) is 5.91 Å². The summed E-state index contributed by atoms with van der Waals surface area (Å²) in [6, 6.07) is 10.4. The first kappa shape index (κ1) is 18.7. The Morgan fingerprint density at radius 1 is 1.08 bits per heavy atom. The van der Waals surface area contributed by atoms with Crippen LogP contribution in [0.1, 0.15) is 29.6 Å². The van der Waals surface area contributed by atoms with Crippen LogP contribution in [0.25, 0.3) is 0 Å². The molecule has 0 atom stereocenters. The molecule has 1 heterocycles. The number of carbonyl (C=O) groups is 1. The van der Waals surface area contributed by atoms with E-state index in [1.807, 2.05) is 0 Å². The Bertz CT molecular complexity index is 925. The van der Waals surface area contributed by atoms with E-state index < -0.39 is 15.9 Å². The summed E-state index contributed by atoms with van der Waals surface area (Å²) >= 11 is 6.11. The molecule has 2 N–H and O–H groups in total. The van der Waals surface area contributed by atoms with Crippen LogP contribution in [0.3, 0.4) is 0 Å². The highest BCUT2D eigenvalue weighted by atomic mass is 35.5. The molecule has 1 saturated heterocycles. The normalized spacial score (nSPS) is 15.6. The van der Waals surface area contributed by atoms with E-state index in [2.05, 4.69) is 5.32 Å². The molecule has 0 aliphatic carbocycles. The van der Waals surface area contributed by atoms with E-state index in [0.29, 0.717) is 13.1 Å². The van der Waals surface area contributed by atoms with Gasteiger partial charge in [-0.1, -0.05) is 30.2 Å². The largest absolute Gasteiger partial charge is 0.506 e. The minimum atomic E-state index is -3.76. The Balaban J connectivity index is 1.90. The second kappa shape index (κ2) is 7.65. The van der Waals surface area contributed by atoms with Gasteiger partial charge in [-0.25, -0.2) is 8.42 Å². The van der Waals surface area contributed by atoms with Crippen molar-refractivity contribution in [2.24, 2.45) is 0 Å². The molecular weight excluding hydrogens is 376 g/mol. The molecule has 26 heavy (non-hydrogen) atoms. The summed E-state index contributed by atoms with van der Waals surface area (Å²) in [5, 5.41) is 12.4. The SMILES string of the molecule is O=C(Nc1ccccc1O)c1ccc(Cl)c(S(=O)(=O)N2CCCCC2)c1. The van der Waals surface area contributed by atoms with E-state index in [0.717, 1.165) is 19.3 Å². The number of piperidine rings is 1. The third kappa shape index (κ3) is 3.85. The smallest absolute Gasteiger partial charge is 0.255 e. The number of hydrogen-bond acceptors (Lipinski definition) is 4. The van der Waals surface area contributed by atoms with Crippen LogP contribution < -0.4 is 5.32 Å². The molecule has 0 spiro atoms. The lowest BCUT2D eigenvalue weighted by molar-refractivity contribution is 0.102. The Morgan fingerprint density at radius 2 is 1.77 bits per heavy atom. The van der Waals surface area contributed by atoms with Crippen LogP contribution in [-0.2, 0) is 10.0 Å². The van der Waals surface area contributed by atoms with Crippen molar-refractivity contribution in [3.63, 3.8) is 0 Å². The summed E-state index contributed by atoms with van der Waals surface area (Å²) in [5.41, 5.74) is 0.390. The van der Waals surface area contributed by atoms with E-state index in [9.17, 15) is 18.3 Å². The Kier molecular flexibility index (Phi) is 5.50. The molecule has 0 bridgehead atoms. The van der Waals surface area contributed by atoms with Crippen LogP contribution in [0.5, 0.6) is 5.75 Å². The molecule has 0 saturated carbocycles. The van der Waals surface area contributed by atoms with Crippen LogP contribution in [-0.4, -0.2) is 36.8 Å². The number of carbonyl (C=O) groups excluding carboxylic acids is 1. The number of sulfonamides is 1. The fourth-order valence-electron chi connectivity index (χ4n) is 2.86. The number of para-hydroxylation sites is 2. The van der Waals surface area contributed by atoms with E-state index in [1.54, 1.807) is 18.2 Å². The lowest BCUT2D eigenvalue weighted by Gasteiger charge is -2.26. The second-order valence-electron chi connectivity index (χ2n) is 6.08. The van der Waals surface area contributed by atoms with E-state index >= 15 is 0 Å². The lowest BCUT2D eigenvalue weighted by Crippen LogP contribution is -2.35. The molecular formula is C18H19ClN2O4S. The fourth-order valence-corrected chi connectivity index (χ4v) is 4.88. The van der Waals surface area contributed by atoms with Gasteiger partial charge < -0.3 is 10.4 Å². The number of anilines is 1. The quantitative estimate of drug-likeness (QED) is 0.777. The van der Waals surface area contributed by atoms with Crippen molar-refractivity contribution in [2.75, 3.05) is 18.4 Å². The first-order chi connectivity index (χ1) is 12.4. The van der Waals surface area contributed by atoms with Gasteiger partial charge in [0.15, 0.2) is 0 Å². The fraction of sp³-hybridized carbons (Fsp3) is 0.278. The maximum Gasteiger partial charge on any atom is 0.255 e. The number of aromatic hydroxyl groups is 1. The van der Waals surface area contributed by atoms with Crippen LogP contribution >= 0.6 is 11.6 Å². The van der Waals surface area contributed by atoms with E-state index in [4.69, 9.17) is 11.6 Å². The third-order valence-corrected chi connectivity index (χ3v) is 6.66. The molecule has 0 unspecified atom stereocenters. The van der Waals surface area contributed by atoms with E-state index in [1.165, 1.54) is 28.6 Å². The average Bonchev–Trinajstić information content (AvgIpc) is 2.64. The number of nitrogens with one attached hydrogen (secondary N) is 1. The maximum atomic E-state index is 12.9. The molecule has 6 nitrogen and oxygen atoms in total. The van der Waals surface area contributed by atoms with Crippen molar-refractivity contribution < 1.29 is 18.3 Å². The van der Waals surface area contributed by atoms with Crippen LogP contribution in [0.15, 0.2) is 47.4 Å². The number of rotatable bonds is 4. The zero-order valence-electron chi connectivity index (χ0n) is 14.0. The second-order valence-corrected chi connectivity index (χ2v) is 8.39. The minimum absolute atomic E-state index is 0.0732. The van der Waals surface area contributed by atoms with Crippen LogP contribution in [0, 0.1) is 0 Å². The molecule has 1 amide bonds. The predicted molar refractivity (Wildman–Crippen MR) is 100 cm³/mol. The molecule has 1 fully saturated rings. The van der Waals surface area contributed by atoms with Gasteiger partial charge in [0.2, 0.25) is 10.0 Å². The Morgan fingerprint density at radius 3 is 2.46 bits per heavy atom. The van der Waals surface area contributed by atoms with Gasteiger partial charge in [-0.3, -0.25) is 4.79 Å². The highest BCUT2D eigenvalue weighted by Gasteiger charge is 2.28. The highest BCUT2D eigenvalue weighted by molar-refractivity contribution is 7.89. The summed E-state index contributed by atoms with van der Waals surface area (Å²) in [6.07, 6.45) is 2.62. The topological polar surface area (TPSA) is 86.7 Å². The number of amides is 1. The summed E-state index contributed by atoms with van der Waals surface area (Å²) in [5.74, 6) is -0.603. The summed E-state index contributed by atoms with van der Waals surface area (Å²) < 4.78 is 27.1. The van der Waals surface area contributed by atoms with Gasteiger partial charge in [-0.2, -0.15) is 4.31 Å². The molecule has 1 aliphatic rings. The molecule has 8 heteroatoms. The lowest BCUT2D eigenvalue weighted by atomic mass is 10.2. The van der Waals surface area contributed by atoms with Crippen molar-refractivity contribution in [3.8, 4) is 5.75 Å². The molecule has 138 valence electrons. The van der Waals surface area contributed by atoms with Gasteiger partial charge in [0.05, 0.1) is 10.7 Å². The van der Waals surface area contributed by atoms with Crippen molar-refractivity contribution >= 4 is 33.2 Å². The standard InChI is InChI=1S/C18H19ClN2O4S/c19-14-9-8-13(18(23)20-15-6-2-3-7-16(15)22)12-17(14)26(24,25)21-10-4-1-5-11-21/h2-3,6-9,12,22H,1,4-5,10-11H2,(H,20,23). The molecule has 2 aromatic carbocycles. The van der Waals surface area contributed by atoms with Crippen molar-refractivity contribution in [3.05, 3.63) is 53.1 Å². The van der Waals surface area contributed by atoms with Crippen molar-refractivity contribution in [1.29, 1.82) is 0 Å². The number of benzene rings is 2. The molecule has 0 aromatic heterocycles. The third-order valence-electron chi connectivity index (χ3n) is 4.28. The minimum Gasteiger partial charge on any atom is -0.506 e. The first-order valence-corrected chi connectivity index (χ1v) is 10.1. The van der Waals surface area contributed by atoms with Crippen LogP contribution in [0.4, 0.5) is 5.69 Å². The Labute approximate surface area is 157 Å². The maximum absolute atomic E-state index is 12.9. The summed E-state index contributed by atoms with van der Waals surface area (Å²) in [6.45, 7) is 0.903. The number of phenolic OH excluding ortho intramolecular Hbond substituents is 1. The molecule has 0 radical (unpaired) electrons. The predicted octanol–water partition coefficient (Wildman–Crippen LogP) is 3.47. The van der Waals surface area contributed by atoms with Crippen LogP contribution in [0.2, 0.25) is 5.02 Å². The number of phenols is 1. The monoisotopic (exact) mass is 394 g/mol. The molecule has 2 aromatic rings.